The summed E-state index contributed by atoms with van der Waals surface area (Å²) in [6, 6.07) is 12.3. The van der Waals surface area contributed by atoms with E-state index in [9.17, 15) is 0 Å². The van der Waals surface area contributed by atoms with Crippen LogP contribution in [0.1, 0.15) is 44.6 Å². The minimum atomic E-state index is 0.732. The molecule has 0 bridgehead atoms. The molecule has 0 amide bonds. The molecular formula is C21H30N2. The largest absolute Gasteiger partial charge is 0.394 e. The number of nitrogens with one attached hydrogen (secondary N) is 1. The molecule has 1 saturated heterocycles. The first-order chi connectivity index (χ1) is 11.3. The summed E-state index contributed by atoms with van der Waals surface area (Å²) >= 11 is 0. The van der Waals surface area contributed by atoms with Crippen LogP contribution in [0.2, 0.25) is 0 Å². The average molecular weight is 310 g/mol. The highest BCUT2D eigenvalue weighted by atomic mass is 15.3. The fourth-order valence-electron chi connectivity index (χ4n) is 4.13. The van der Waals surface area contributed by atoms with E-state index in [2.05, 4.69) is 65.8 Å². The first-order valence-corrected chi connectivity index (χ1v) is 9.19. The van der Waals surface area contributed by atoms with Crippen molar-refractivity contribution < 1.29 is 0 Å². The summed E-state index contributed by atoms with van der Waals surface area (Å²) in [4.78, 5) is 2.71. The number of rotatable bonds is 7. The number of hydrogen-bond donors (Lipinski definition) is 1. The van der Waals surface area contributed by atoms with Crippen LogP contribution in [0.5, 0.6) is 0 Å². The fourth-order valence-corrected chi connectivity index (χ4v) is 4.13. The van der Waals surface area contributed by atoms with Gasteiger partial charge in [-0.15, -0.1) is 0 Å². The topological polar surface area (TPSA) is 15.0 Å². The Morgan fingerprint density at radius 1 is 1.30 bits per heavy atom. The van der Waals surface area contributed by atoms with E-state index in [-0.39, 0.29) is 0 Å². The molecule has 124 valence electrons. The Kier molecular flexibility index (Phi) is 5.56. The van der Waals surface area contributed by atoms with Gasteiger partial charge in [0.25, 0.3) is 0 Å². The van der Waals surface area contributed by atoms with E-state index in [1.165, 1.54) is 43.4 Å². The molecule has 4 atom stereocenters. The zero-order valence-corrected chi connectivity index (χ0v) is 14.5. The summed E-state index contributed by atoms with van der Waals surface area (Å²) < 4.78 is 0. The van der Waals surface area contributed by atoms with Crippen LogP contribution in [0, 0.1) is 5.92 Å². The average Bonchev–Trinajstić information content (AvgIpc) is 3.31. The summed E-state index contributed by atoms with van der Waals surface area (Å²) in [7, 11) is 1.99. The van der Waals surface area contributed by atoms with Crippen molar-refractivity contribution in [1.29, 1.82) is 0 Å². The lowest BCUT2D eigenvalue weighted by Crippen LogP contribution is -2.14. The second-order valence-electron chi connectivity index (χ2n) is 6.82. The summed E-state index contributed by atoms with van der Waals surface area (Å²) in [5.74, 6) is 0.899. The molecule has 0 aromatic heterocycles. The molecular weight excluding hydrogens is 280 g/mol. The summed E-state index contributed by atoms with van der Waals surface area (Å²) in [5, 5.41) is 3.21. The number of allylic oxidation sites excluding steroid dienone is 2. The van der Waals surface area contributed by atoms with Gasteiger partial charge >= 0.3 is 0 Å². The lowest BCUT2D eigenvalue weighted by atomic mass is 9.96. The number of benzene rings is 1. The van der Waals surface area contributed by atoms with Gasteiger partial charge in [0.15, 0.2) is 0 Å². The number of fused-ring (bicyclic) bond motifs is 1. The van der Waals surface area contributed by atoms with Crippen molar-refractivity contribution in [2.75, 3.05) is 13.6 Å². The van der Waals surface area contributed by atoms with E-state index in [0.29, 0.717) is 0 Å². The van der Waals surface area contributed by atoms with Crippen molar-refractivity contribution in [1.82, 2.24) is 10.2 Å². The first kappa shape index (κ1) is 16.3. The summed E-state index contributed by atoms with van der Waals surface area (Å²) in [6.45, 7) is 3.58. The minimum absolute atomic E-state index is 0.732. The Morgan fingerprint density at radius 2 is 2.13 bits per heavy atom. The van der Waals surface area contributed by atoms with E-state index >= 15 is 0 Å². The molecule has 0 saturated carbocycles. The van der Waals surface area contributed by atoms with E-state index < -0.39 is 0 Å². The second-order valence-corrected chi connectivity index (χ2v) is 6.82. The van der Waals surface area contributed by atoms with Gasteiger partial charge in [-0.2, -0.15) is 0 Å². The Labute approximate surface area is 141 Å². The van der Waals surface area contributed by atoms with Crippen molar-refractivity contribution in [3.8, 4) is 0 Å². The van der Waals surface area contributed by atoms with E-state index in [0.717, 1.165) is 24.4 Å². The predicted molar refractivity (Wildman–Crippen MR) is 99.1 cm³/mol. The molecule has 2 aliphatic rings. The third-order valence-electron chi connectivity index (χ3n) is 5.40. The smallest absolute Gasteiger partial charge is 0.0440 e. The molecule has 1 aromatic carbocycles. The molecule has 2 nitrogen and oxygen atoms in total. The molecule has 23 heavy (non-hydrogen) atoms. The van der Waals surface area contributed by atoms with E-state index in [4.69, 9.17) is 0 Å². The molecule has 1 aromatic rings. The van der Waals surface area contributed by atoms with E-state index in [1.807, 2.05) is 7.05 Å². The van der Waals surface area contributed by atoms with Crippen molar-refractivity contribution in [3.05, 3.63) is 54.2 Å². The minimum Gasteiger partial charge on any atom is -0.394 e. The SMILES string of the molecule is CCC1CCC=CC2C1N2CCC/C(=C/NC)c1ccccc1. The Bertz CT molecular complexity index is 546. The lowest BCUT2D eigenvalue weighted by Gasteiger charge is -2.14. The molecule has 0 radical (unpaired) electrons. The highest BCUT2D eigenvalue weighted by Crippen LogP contribution is 2.41. The van der Waals surface area contributed by atoms with Gasteiger partial charge in [-0.3, -0.25) is 4.90 Å². The molecule has 2 heteroatoms. The quantitative estimate of drug-likeness (QED) is 0.591. The standard InChI is InChI=1S/C21H30N2/c1-3-17-10-7-8-14-20-21(17)23(20)15-9-13-19(16-22-2)18-11-5-4-6-12-18/h4-6,8,11-12,14,16-17,20-22H,3,7,9-10,13,15H2,1-2H3/b19-16-. The van der Waals surface area contributed by atoms with Gasteiger partial charge in [-0.1, -0.05) is 55.8 Å². The van der Waals surface area contributed by atoms with Crippen LogP contribution >= 0.6 is 0 Å². The summed E-state index contributed by atoms with van der Waals surface area (Å²) in [6.07, 6.45) is 13.4. The van der Waals surface area contributed by atoms with Crippen LogP contribution in [-0.4, -0.2) is 30.6 Å². The van der Waals surface area contributed by atoms with Gasteiger partial charge in [-0.05, 0) is 55.5 Å². The maximum Gasteiger partial charge on any atom is 0.0440 e. The third kappa shape index (κ3) is 3.87. The molecule has 1 aliphatic carbocycles. The van der Waals surface area contributed by atoms with E-state index in [1.54, 1.807) is 0 Å². The zero-order valence-electron chi connectivity index (χ0n) is 14.5. The second kappa shape index (κ2) is 7.83. The van der Waals surface area contributed by atoms with Crippen molar-refractivity contribution in [2.24, 2.45) is 5.92 Å². The Hall–Kier alpha value is -1.54. The number of hydrogen-bond acceptors (Lipinski definition) is 2. The van der Waals surface area contributed by atoms with Crippen LogP contribution < -0.4 is 5.32 Å². The molecule has 4 unspecified atom stereocenters. The third-order valence-corrected chi connectivity index (χ3v) is 5.40. The van der Waals surface area contributed by atoms with Crippen LogP contribution in [0.15, 0.2) is 48.7 Å². The maximum absolute atomic E-state index is 3.21. The molecule has 3 rings (SSSR count). The zero-order chi connectivity index (χ0) is 16.1. The molecule has 0 spiro atoms. The normalized spacial score (nSPS) is 29.7. The lowest BCUT2D eigenvalue weighted by molar-refractivity contribution is 0.374. The van der Waals surface area contributed by atoms with Crippen LogP contribution in [0.3, 0.4) is 0 Å². The fraction of sp³-hybridized carbons (Fsp3) is 0.524. The first-order valence-electron chi connectivity index (χ1n) is 9.19. The van der Waals surface area contributed by atoms with Crippen LogP contribution in [0.25, 0.3) is 5.57 Å². The highest BCUT2D eigenvalue weighted by molar-refractivity contribution is 5.65. The van der Waals surface area contributed by atoms with Crippen molar-refractivity contribution in [3.63, 3.8) is 0 Å². The van der Waals surface area contributed by atoms with Gasteiger partial charge in [0.05, 0.1) is 0 Å². The molecule has 1 N–H and O–H groups in total. The predicted octanol–water partition coefficient (Wildman–Crippen LogP) is 4.46. The van der Waals surface area contributed by atoms with Gasteiger partial charge in [0.2, 0.25) is 0 Å². The van der Waals surface area contributed by atoms with Crippen molar-refractivity contribution in [2.45, 2.75) is 51.1 Å². The van der Waals surface area contributed by atoms with Gasteiger partial charge in [-0.25, -0.2) is 0 Å². The van der Waals surface area contributed by atoms with Crippen LogP contribution in [0.4, 0.5) is 0 Å². The summed E-state index contributed by atoms with van der Waals surface area (Å²) in [5.41, 5.74) is 2.76. The van der Waals surface area contributed by atoms with Gasteiger partial charge in [0, 0.05) is 19.1 Å². The highest BCUT2D eigenvalue weighted by Gasteiger charge is 2.49. The molecule has 1 heterocycles. The molecule has 1 aliphatic heterocycles. The maximum atomic E-state index is 3.21. The monoisotopic (exact) mass is 310 g/mol. The molecule has 1 fully saturated rings. The Balaban J connectivity index is 1.54. The Morgan fingerprint density at radius 3 is 2.87 bits per heavy atom. The van der Waals surface area contributed by atoms with Crippen LogP contribution in [-0.2, 0) is 0 Å². The van der Waals surface area contributed by atoms with Crippen molar-refractivity contribution >= 4 is 5.57 Å². The number of nitrogens with zero attached hydrogens (tertiary/aromatic N) is 1. The van der Waals surface area contributed by atoms with Gasteiger partial charge in [0.1, 0.15) is 0 Å². The van der Waals surface area contributed by atoms with Gasteiger partial charge < -0.3 is 5.32 Å².